The first kappa shape index (κ1) is 10.9. The Balaban J connectivity index is 1.92. The predicted molar refractivity (Wildman–Crippen MR) is 55.3 cm³/mol. The van der Waals surface area contributed by atoms with E-state index in [1.165, 1.54) is 6.42 Å². The summed E-state index contributed by atoms with van der Waals surface area (Å²) in [6, 6.07) is -0.268. The van der Waals surface area contributed by atoms with Crippen LogP contribution in [-0.4, -0.2) is 30.9 Å². The van der Waals surface area contributed by atoms with Crippen molar-refractivity contribution in [1.29, 1.82) is 0 Å². The molecule has 4 heteroatoms. The predicted octanol–water partition coefficient (Wildman–Crippen LogP) is 1.05. The van der Waals surface area contributed by atoms with E-state index in [-0.39, 0.29) is 17.7 Å². The van der Waals surface area contributed by atoms with E-state index in [9.17, 15) is 4.79 Å². The maximum atomic E-state index is 11.5. The third-order valence-electron chi connectivity index (χ3n) is 3.25. The third-order valence-corrected chi connectivity index (χ3v) is 3.25. The molecule has 0 aromatic heterocycles. The minimum Gasteiger partial charge on any atom is -0.465 e. The molecule has 1 aliphatic carbocycles. The van der Waals surface area contributed by atoms with Gasteiger partial charge < -0.3 is 9.47 Å². The Bertz CT molecular complexity index is 256. The zero-order valence-electron chi connectivity index (χ0n) is 9.41. The van der Waals surface area contributed by atoms with Gasteiger partial charge in [-0.1, -0.05) is 6.92 Å². The van der Waals surface area contributed by atoms with Crippen LogP contribution in [0.3, 0.4) is 0 Å². The van der Waals surface area contributed by atoms with Crippen molar-refractivity contribution in [2.24, 2.45) is 5.92 Å². The van der Waals surface area contributed by atoms with Crippen molar-refractivity contribution >= 4 is 5.97 Å². The van der Waals surface area contributed by atoms with Crippen LogP contribution in [0.2, 0.25) is 0 Å². The van der Waals surface area contributed by atoms with Crippen molar-refractivity contribution in [3.8, 4) is 0 Å². The highest BCUT2D eigenvalue weighted by atomic mass is 16.6. The van der Waals surface area contributed by atoms with Crippen LogP contribution in [0.4, 0.5) is 0 Å². The minimum absolute atomic E-state index is 0.186. The van der Waals surface area contributed by atoms with Crippen LogP contribution >= 0.6 is 0 Å². The number of carbonyl (C=O) groups excluding carboxylic acids is 1. The Morgan fingerprint density at radius 3 is 3.07 bits per heavy atom. The highest BCUT2D eigenvalue weighted by Crippen LogP contribution is 2.38. The van der Waals surface area contributed by atoms with Gasteiger partial charge in [0.1, 0.15) is 11.8 Å². The fraction of sp³-hybridized carbons (Fsp3) is 0.909. The molecule has 1 heterocycles. The molecule has 2 rings (SSSR count). The zero-order valence-corrected chi connectivity index (χ0v) is 9.41. The largest absolute Gasteiger partial charge is 0.465 e. The first-order valence-electron chi connectivity index (χ1n) is 5.73. The van der Waals surface area contributed by atoms with Gasteiger partial charge in [0, 0.05) is 0 Å². The lowest BCUT2D eigenvalue weighted by Crippen LogP contribution is -2.45. The van der Waals surface area contributed by atoms with Gasteiger partial charge in [0.25, 0.3) is 0 Å². The zero-order chi connectivity index (χ0) is 10.9. The first-order valence-corrected chi connectivity index (χ1v) is 5.73. The van der Waals surface area contributed by atoms with E-state index in [0.717, 1.165) is 12.8 Å². The molecule has 3 unspecified atom stereocenters. The highest BCUT2D eigenvalue weighted by Gasteiger charge is 2.46. The second-order valence-electron chi connectivity index (χ2n) is 4.60. The Hall–Kier alpha value is -0.610. The topological polar surface area (TPSA) is 47.6 Å². The summed E-state index contributed by atoms with van der Waals surface area (Å²) in [5, 5.41) is 3.28. The van der Waals surface area contributed by atoms with Gasteiger partial charge >= 0.3 is 5.97 Å². The normalized spacial score (nSPS) is 39.9. The van der Waals surface area contributed by atoms with E-state index < -0.39 is 0 Å². The number of carbonyl (C=O) groups is 1. The fourth-order valence-electron chi connectivity index (χ4n) is 2.52. The molecule has 0 aromatic rings. The molecule has 4 nitrogen and oxygen atoms in total. The van der Waals surface area contributed by atoms with Crippen LogP contribution in [-0.2, 0) is 14.3 Å². The quantitative estimate of drug-likeness (QED) is 0.697. The number of hydrogen-bond acceptors (Lipinski definition) is 4. The fourth-order valence-corrected chi connectivity index (χ4v) is 2.52. The van der Waals surface area contributed by atoms with E-state index in [0.29, 0.717) is 19.1 Å². The van der Waals surface area contributed by atoms with E-state index in [1.54, 1.807) is 0 Å². The van der Waals surface area contributed by atoms with Crippen LogP contribution in [0.5, 0.6) is 0 Å². The molecule has 1 N–H and O–H groups in total. The molecule has 1 aliphatic heterocycles. The molecule has 1 spiro atoms. The lowest BCUT2D eigenvalue weighted by molar-refractivity contribution is -0.145. The van der Waals surface area contributed by atoms with Crippen molar-refractivity contribution in [3.05, 3.63) is 0 Å². The summed E-state index contributed by atoms with van der Waals surface area (Å²) in [5.74, 6) is 0.493. The van der Waals surface area contributed by atoms with Gasteiger partial charge in [0.2, 0.25) is 0 Å². The highest BCUT2D eigenvalue weighted by molar-refractivity contribution is 5.76. The summed E-state index contributed by atoms with van der Waals surface area (Å²) in [5.41, 5.74) is -0.239. The van der Waals surface area contributed by atoms with Crippen LogP contribution in [0.25, 0.3) is 0 Å². The van der Waals surface area contributed by atoms with E-state index in [1.807, 2.05) is 6.92 Å². The molecule has 2 aliphatic rings. The Kier molecular flexibility index (Phi) is 2.98. The monoisotopic (exact) mass is 213 g/mol. The van der Waals surface area contributed by atoms with Crippen LogP contribution in [0.1, 0.15) is 33.1 Å². The molecule has 0 bridgehead atoms. The molecule has 0 radical (unpaired) electrons. The summed E-state index contributed by atoms with van der Waals surface area (Å²) in [7, 11) is 0. The molecular formula is C11H19NO3. The molecule has 1 saturated carbocycles. The van der Waals surface area contributed by atoms with Gasteiger partial charge in [-0.25, -0.2) is 0 Å². The second kappa shape index (κ2) is 4.10. The van der Waals surface area contributed by atoms with E-state index in [4.69, 9.17) is 9.47 Å². The molecule has 0 aromatic carbocycles. The number of ether oxygens (including phenoxy) is 2. The molecule has 3 atom stereocenters. The van der Waals surface area contributed by atoms with Crippen LogP contribution in [0, 0.1) is 5.92 Å². The Morgan fingerprint density at radius 1 is 1.67 bits per heavy atom. The third kappa shape index (κ3) is 2.16. The van der Waals surface area contributed by atoms with E-state index >= 15 is 0 Å². The van der Waals surface area contributed by atoms with Crippen LogP contribution < -0.4 is 5.32 Å². The number of hydrogen-bond donors (Lipinski definition) is 1. The van der Waals surface area contributed by atoms with Crippen LogP contribution in [0.15, 0.2) is 0 Å². The molecule has 15 heavy (non-hydrogen) atoms. The van der Waals surface area contributed by atoms with Gasteiger partial charge in [-0.05, 0) is 32.1 Å². The second-order valence-corrected chi connectivity index (χ2v) is 4.60. The van der Waals surface area contributed by atoms with Gasteiger partial charge in [0.05, 0.1) is 13.2 Å². The summed E-state index contributed by atoms with van der Waals surface area (Å²) in [6.07, 6.45) is 3.18. The Morgan fingerprint density at radius 2 is 2.47 bits per heavy atom. The van der Waals surface area contributed by atoms with E-state index in [2.05, 4.69) is 12.2 Å². The minimum atomic E-state index is -0.268. The summed E-state index contributed by atoms with van der Waals surface area (Å²) >= 11 is 0. The average molecular weight is 213 g/mol. The number of rotatable bonds is 2. The lowest BCUT2D eigenvalue weighted by Gasteiger charge is -2.23. The summed E-state index contributed by atoms with van der Waals surface area (Å²) in [4.78, 5) is 11.5. The van der Waals surface area contributed by atoms with Gasteiger partial charge in [0.15, 0.2) is 0 Å². The maximum Gasteiger partial charge on any atom is 0.325 e. The average Bonchev–Trinajstić information content (AvgIpc) is 2.76. The molecule has 0 amide bonds. The van der Waals surface area contributed by atoms with Crippen molar-refractivity contribution in [2.75, 3.05) is 13.2 Å². The first-order chi connectivity index (χ1) is 7.15. The van der Waals surface area contributed by atoms with Crippen molar-refractivity contribution in [1.82, 2.24) is 5.32 Å². The van der Waals surface area contributed by atoms with Gasteiger partial charge in [-0.2, -0.15) is 0 Å². The van der Waals surface area contributed by atoms with Crippen molar-refractivity contribution in [2.45, 2.75) is 44.9 Å². The SMILES string of the molecule is CCOC(=O)C1COC2(CCC(C)C2)N1. The maximum absolute atomic E-state index is 11.5. The molecular weight excluding hydrogens is 194 g/mol. The lowest BCUT2D eigenvalue weighted by atomic mass is 10.1. The smallest absolute Gasteiger partial charge is 0.325 e. The Labute approximate surface area is 90.3 Å². The summed E-state index contributed by atoms with van der Waals surface area (Å²) in [6.45, 7) is 4.92. The van der Waals surface area contributed by atoms with Crippen molar-refractivity contribution < 1.29 is 14.3 Å². The molecule has 1 saturated heterocycles. The van der Waals surface area contributed by atoms with Gasteiger partial charge in [-0.15, -0.1) is 0 Å². The number of esters is 1. The molecule has 86 valence electrons. The molecule has 2 fully saturated rings. The standard InChI is InChI=1S/C11H19NO3/c1-3-14-10(13)9-7-15-11(12-9)5-4-8(2)6-11/h8-9,12H,3-7H2,1-2H3. The number of nitrogens with one attached hydrogen (secondary N) is 1. The van der Waals surface area contributed by atoms with Crippen molar-refractivity contribution in [3.63, 3.8) is 0 Å². The van der Waals surface area contributed by atoms with Gasteiger partial charge in [-0.3, -0.25) is 10.1 Å². The summed E-state index contributed by atoms with van der Waals surface area (Å²) < 4.78 is 10.7.